The van der Waals surface area contributed by atoms with Gasteiger partial charge in [0.15, 0.2) is 0 Å². The molecule has 2 aromatic rings. The summed E-state index contributed by atoms with van der Waals surface area (Å²) in [7, 11) is 0. The molecule has 1 saturated carbocycles. The van der Waals surface area contributed by atoms with Gasteiger partial charge in [-0.3, -0.25) is 9.59 Å². The first-order valence-electron chi connectivity index (χ1n) is 10.5. The molecule has 1 fully saturated rings. The second-order valence-electron chi connectivity index (χ2n) is 8.11. The molecule has 2 N–H and O–H groups in total. The molecule has 1 aromatic heterocycles. The summed E-state index contributed by atoms with van der Waals surface area (Å²) >= 11 is 1.38. The lowest BCUT2D eigenvalue weighted by Crippen LogP contribution is -2.36. The van der Waals surface area contributed by atoms with Gasteiger partial charge < -0.3 is 10.4 Å². The van der Waals surface area contributed by atoms with Crippen molar-refractivity contribution in [3.05, 3.63) is 40.3 Å². The van der Waals surface area contributed by atoms with Crippen molar-refractivity contribution < 1.29 is 14.7 Å². The normalized spacial score (nSPS) is 19.7. The molecule has 1 aliphatic carbocycles. The highest BCUT2D eigenvalue weighted by Crippen LogP contribution is 2.41. The molecule has 1 amide bonds. The number of carbonyl (C=O) groups is 2. The first kappa shape index (κ1) is 22.0. The van der Waals surface area contributed by atoms with Crippen molar-refractivity contribution in [1.82, 2.24) is 0 Å². The van der Waals surface area contributed by atoms with Crippen LogP contribution >= 0.6 is 11.3 Å². The topological polar surface area (TPSA) is 90.2 Å². The second kappa shape index (κ2) is 9.44. The van der Waals surface area contributed by atoms with Gasteiger partial charge in [0.1, 0.15) is 11.1 Å². The van der Waals surface area contributed by atoms with Gasteiger partial charge in [0.05, 0.1) is 17.4 Å². The van der Waals surface area contributed by atoms with Crippen molar-refractivity contribution in [2.24, 2.45) is 11.8 Å². The number of nitrogens with zero attached hydrogens (tertiary/aromatic N) is 1. The standard InChI is InChI=1S/C24H28N2O3S/c1-4-14(2)16-9-11-17(12-10-16)21-15(3)30-23(20(21)13-25)26-22(27)18-7-5-6-8-19(18)24(28)29/h9-12,14,18-19H,4-8H2,1-3H3,(H,26,27)(H,28,29)/t14-,18+,19+/m0/s1. The quantitative estimate of drug-likeness (QED) is 0.600. The van der Waals surface area contributed by atoms with Gasteiger partial charge in [0.25, 0.3) is 0 Å². The first-order chi connectivity index (χ1) is 14.4. The van der Waals surface area contributed by atoms with Crippen LogP contribution in [-0.2, 0) is 9.59 Å². The Balaban J connectivity index is 1.88. The number of aryl methyl sites for hydroxylation is 1. The number of anilines is 1. The highest BCUT2D eigenvalue weighted by atomic mass is 32.1. The van der Waals surface area contributed by atoms with Crippen LogP contribution in [0.2, 0.25) is 0 Å². The van der Waals surface area contributed by atoms with Gasteiger partial charge in [-0.05, 0) is 43.2 Å². The maximum Gasteiger partial charge on any atom is 0.307 e. The van der Waals surface area contributed by atoms with Crippen LogP contribution in [0.1, 0.15) is 67.9 Å². The monoisotopic (exact) mass is 424 g/mol. The minimum Gasteiger partial charge on any atom is -0.481 e. The zero-order valence-corrected chi connectivity index (χ0v) is 18.5. The Labute approximate surface area is 181 Å². The average molecular weight is 425 g/mol. The summed E-state index contributed by atoms with van der Waals surface area (Å²) in [6.45, 7) is 6.29. The zero-order chi connectivity index (χ0) is 21.8. The van der Waals surface area contributed by atoms with Gasteiger partial charge in [0.2, 0.25) is 5.91 Å². The number of hydrogen-bond acceptors (Lipinski definition) is 4. The molecule has 0 radical (unpaired) electrons. The summed E-state index contributed by atoms with van der Waals surface area (Å²) in [6, 6.07) is 10.5. The number of aliphatic carboxylic acids is 1. The molecule has 0 bridgehead atoms. The van der Waals surface area contributed by atoms with E-state index in [1.165, 1.54) is 16.9 Å². The summed E-state index contributed by atoms with van der Waals surface area (Å²) in [5.74, 6) is -1.94. The third-order valence-electron chi connectivity index (χ3n) is 6.23. The summed E-state index contributed by atoms with van der Waals surface area (Å²) in [4.78, 5) is 25.4. The van der Waals surface area contributed by atoms with Gasteiger partial charge >= 0.3 is 5.97 Å². The highest BCUT2D eigenvalue weighted by Gasteiger charge is 2.36. The Bertz CT molecular complexity index is 972. The lowest BCUT2D eigenvalue weighted by Gasteiger charge is -2.27. The fourth-order valence-electron chi connectivity index (χ4n) is 4.25. The van der Waals surface area contributed by atoms with Crippen molar-refractivity contribution in [3.8, 4) is 17.2 Å². The predicted molar refractivity (Wildman–Crippen MR) is 120 cm³/mol. The molecule has 6 heteroatoms. The van der Waals surface area contributed by atoms with Crippen molar-refractivity contribution in [2.45, 2.75) is 58.8 Å². The molecular weight excluding hydrogens is 396 g/mol. The van der Waals surface area contributed by atoms with Gasteiger partial charge in [-0.2, -0.15) is 5.26 Å². The fraction of sp³-hybridized carbons (Fsp3) is 0.458. The molecule has 1 aliphatic rings. The Morgan fingerprint density at radius 2 is 1.87 bits per heavy atom. The number of hydrogen-bond donors (Lipinski definition) is 2. The average Bonchev–Trinajstić information content (AvgIpc) is 3.07. The maximum atomic E-state index is 12.9. The number of carbonyl (C=O) groups excluding carboxylic acids is 1. The van der Waals surface area contributed by atoms with Crippen LogP contribution in [0.4, 0.5) is 5.00 Å². The van der Waals surface area contributed by atoms with E-state index in [0.717, 1.165) is 35.3 Å². The fourth-order valence-corrected chi connectivity index (χ4v) is 5.28. The third kappa shape index (κ3) is 4.41. The van der Waals surface area contributed by atoms with Gasteiger partial charge in [0, 0.05) is 10.4 Å². The van der Waals surface area contributed by atoms with E-state index in [0.29, 0.717) is 29.3 Å². The van der Waals surface area contributed by atoms with Crippen molar-refractivity contribution >= 4 is 28.2 Å². The number of nitriles is 1. The van der Waals surface area contributed by atoms with Gasteiger partial charge in [-0.15, -0.1) is 11.3 Å². The zero-order valence-electron chi connectivity index (χ0n) is 17.7. The second-order valence-corrected chi connectivity index (χ2v) is 9.33. The van der Waals surface area contributed by atoms with Gasteiger partial charge in [-0.25, -0.2) is 0 Å². The molecule has 0 aliphatic heterocycles. The molecule has 0 unspecified atom stereocenters. The van der Waals surface area contributed by atoms with Crippen molar-refractivity contribution in [1.29, 1.82) is 5.26 Å². The van der Waals surface area contributed by atoms with E-state index in [2.05, 4.69) is 37.4 Å². The Morgan fingerprint density at radius 3 is 2.43 bits per heavy atom. The van der Waals surface area contributed by atoms with E-state index in [1.54, 1.807) is 0 Å². The molecule has 3 atom stereocenters. The van der Waals surface area contributed by atoms with Crippen LogP contribution < -0.4 is 5.32 Å². The maximum absolute atomic E-state index is 12.9. The molecule has 30 heavy (non-hydrogen) atoms. The predicted octanol–water partition coefficient (Wildman–Crippen LogP) is 5.94. The van der Waals surface area contributed by atoms with Crippen molar-refractivity contribution in [2.75, 3.05) is 5.32 Å². The first-order valence-corrected chi connectivity index (χ1v) is 11.4. The minimum absolute atomic E-state index is 0.293. The molecule has 0 spiro atoms. The molecule has 1 aromatic carbocycles. The highest BCUT2D eigenvalue weighted by molar-refractivity contribution is 7.17. The van der Waals surface area contributed by atoms with Crippen molar-refractivity contribution in [3.63, 3.8) is 0 Å². The molecule has 1 heterocycles. The lowest BCUT2D eigenvalue weighted by molar-refractivity contribution is -0.147. The van der Waals surface area contributed by atoms with Crippen LogP contribution in [0.3, 0.4) is 0 Å². The number of nitrogens with one attached hydrogen (secondary N) is 1. The summed E-state index contributed by atoms with van der Waals surface area (Å²) in [5, 5.41) is 22.7. The van der Waals surface area contributed by atoms with Crippen LogP contribution in [-0.4, -0.2) is 17.0 Å². The smallest absolute Gasteiger partial charge is 0.307 e. The molecule has 3 rings (SSSR count). The minimum atomic E-state index is -0.917. The molecule has 0 saturated heterocycles. The van der Waals surface area contributed by atoms with E-state index < -0.39 is 17.8 Å². The number of thiophene rings is 1. The lowest BCUT2D eigenvalue weighted by atomic mass is 9.79. The third-order valence-corrected chi connectivity index (χ3v) is 7.25. The van der Waals surface area contributed by atoms with Crippen LogP contribution in [0.15, 0.2) is 24.3 Å². The summed E-state index contributed by atoms with van der Waals surface area (Å²) in [6.07, 6.45) is 3.84. The Kier molecular flexibility index (Phi) is 6.94. The molecule has 5 nitrogen and oxygen atoms in total. The number of benzene rings is 1. The Morgan fingerprint density at radius 1 is 1.23 bits per heavy atom. The Hall–Kier alpha value is -2.65. The number of rotatable bonds is 6. The van der Waals surface area contributed by atoms with E-state index in [4.69, 9.17) is 0 Å². The largest absolute Gasteiger partial charge is 0.481 e. The summed E-state index contributed by atoms with van der Waals surface area (Å²) in [5.41, 5.74) is 3.50. The summed E-state index contributed by atoms with van der Waals surface area (Å²) < 4.78 is 0. The number of amides is 1. The van der Waals surface area contributed by atoms with E-state index >= 15 is 0 Å². The van der Waals surface area contributed by atoms with Crippen LogP contribution in [0, 0.1) is 30.1 Å². The van der Waals surface area contributed by atoms with Gasteiger partial charge in [-0.1, -0.05) is 51.0 Å². The molecule has 158 valence electrons. The van der Waals surface area contributed by atoms with E-state index in [9.17, 15) is 20.0 Å². The van der Waals surface area contributed by atoms with E-state index in [-0.39, 0.29) is 5.91 Å². The van der Waals surface area contributed by atoms with Crippen LogP contribution in [0.5, 0.6) is 0 Å². The van der Waals surface area contributed by atoms with Crippen LogP contribution in [0.25, 0.3) is 11.1 Å². The van der Waals surface area contributed by atoms with E-state index in [1.807, 2.05) is 19.1 Å². The number of carboxylic acid groups (broad SMARTS) is 1. The SMILES string of the molecule is CC[C@H](C)c1ccc(-c2c(C)sc(NC(=O)[C@@H]3CCCC[C@H]3C(=O)O)c2C#N)cc1. The number of carboxylic acids is 1. The molecular formula is C24H28N2O3S.